The fourth-order valence-electron chi connectivity index (χ4n) is 7.77. The molecule has 332 valence electrons. The molecular formula is C43H52F3N9O7. The van der Waals surface area contributed by atoms with E-state index in [0.29, 0.717) is 42.5 Å². The Hall–Kier alpha value is -6.37. The number of tetrazole rings is 1. The van der Waals surface area contributed by atoms with Gasteiger partial charge in [0.25, 0.3) is 5.91 Å². The lowest BCUT2D eigenvalue weighted by atomic mass is 9.81. The van der Waals surface area contributed by atoms with Gasteiger partial charge < -0.3 is 36.4 Å². The summed E-state index contributed by atoms with van der Waals surface area (Å²) in [5.41, 5.74) is 5.79. The van der Waals surface area contributed by atoms with Gasteiger partial charge in [0.05, 0.1) is 0 Å². The van der Waals surface area contributed by atoms with Gasteiger partial charge in [-0.2, -0.15) is 18.4 Å². The van der Waals surface area contributed by atoms with Gasteiger partial charge in [-0.3, -0.25) is 14.4 Å². The van der Waals surface area contributed by atoms with Crippen molar-refractivity contribution in [2.24, 2.45) is 11.8 Å². The van der Waals surface area contributed by atoms with Gasteiger partial charge in [0.15, 0.2) is 0 Å². The van der Waals surface area contributed by atoms with E-state index in [1.807, 2.05) is 49.4 Å². The second-order valence-corrected chi connectivity index (χ2v) is 15.9. The lowest BCUT2D eigenvalue weighted by Gasteiger charge is -2.33. The van der Waals surface area contributed by atoms with Crippen LogP contribution in [0, 0.1) is 18.8 Å². The summed E-state index contributed by atoms with van der Waals surface area (Å²) < 4.78 is 31.7. The average molecular weight is 864 g/mol. The molecule has 0 spiro atoms. The summed E-state index contributed by atoms with van der Waals surface area (Å²) in [7, 11) is 4.22. The van der Waals surface area contributed by atoms with Gasteiger partial charge in [0, 0.05) is 47.8 Å². The third-order valence-corrected chi connectivity index (χ3v) is 11.3. The summed E-state index contributed by atoms with van der Waals surface area (Å²) in [4.78, 5) is 62.6. The molecule has 4 aromatic rings. The van der Waals surface area contributed by atoms with Crippen molar-refractivity contribution in [1.29, 1.82) is 0 Å². The maximum absolute atomic E-state index is 13.8. The number of carbonyl (C=O) groups excluding carboxylic acids is 3. The fourth-order valence-corrected chi connectivity index (χ4v) is 7.77. The summed E-state index contributed by atoms with van der Waals surface area (Å²) in [6.07, 6.45) is 0.960. The first kappa shape index (κ1) is 46.7. The van der Waals surface area contributed by atoms with Gasteiger partial charge in [0.1, 0.15) is 6.04 Å². The molecule has 3 aromatic carbocycles. The number of nitrogens with one attached hydrogen (secondary N) is 5. The Labute approximate surface area is 356 Å². The molecule has 16 nitrogen and oxygen atoms in total. The average Bonchev–Trinajstić information content (AvgIpc) is 3.79. The summed E-state index contributed by atoms with van der Waals surface area (Å²) in [6, 6.07) is 20.7. The van der Waals surface area contributed by atoms with Crippen LogP contribution < -0.4 is 21.3 Å². The number of nitrogens with zero attached hydrogens (tertiary/aromatic N) is 4. The number of benzene rings is 3. The predicted molar refractivity (Wildman–Crippen MR) is 223 cm³/mol. The second kappa shape index (κ2) is 21.4. The molecule has 2 aliphatic rings. The number of aromatic nitrogens is 4. The molecule has 6 rings (SSSR count). The zero-order chi connectivity index (χ0) is 45.0. The van der Waals surface area contributed by atoms with Crippen LogP contribution in [0.1, 0.15) is 72.9 Å². The van der Waals surface area contributed by atoms with Crippen molar-refractivity contribution in [2.75, 3.05) is 26.0 Å². The minimum Gasteiger partial charge on any atom is -0.475 e. The second-order valence-electron chi connectivity index (χ2n) is 15.9. The number of anilines is 1. The number of aryl methyl sites for hydroxylation is 1. The minimum atomic E-state index is -5.08. The van der Waals surface area contributed by atoms with Gasteiger partial charge in [-0.25, -0.2) is 9.59 Å². The molecule has 0 bridgehead atoms. The fraction of sp³-hybridized carbons (Fsp3) is 0.442. The number of hydrogen-bond acceptors (Lipinski definition) is 9. The van der Waals surface area contributed by atoms with E-state index in [0.717, 1.165) is 66.3 Å². The van der Waals surface area contributed by atoms with Crippen LogP contribution in [-0.4, -0.2) is 110 Å². The van der Waals surface area contributed by atoms with E-state index < -0.39 is 24.3 Å². The van der Waals surface area contributed by atoms with Crippen molar-refractivity contribution in [3.8, 4) is 22.5 Å². The third kappa shape index (κ3) is 13.6. The van der Waals surface area contributed by atoms with E-state index in [9.17, 15) is 32.3 Å². The zero-order valence-electron chi connectivity index (χ0n) is 34.7. The highest BCUT2D eigenvalue weighted by atomic mass is 19.4. The largest absolute Gasteiger partial charge is 0.490 e. The minimum absolute atomic E-state index is 0.0455. The van der Waals surface area contributed by atoms with Crippen molar-refractivity contribution >= 4 is 35.5 Å². The molecule has 1 heterocycles. The normalized spacial score (nSPS) is 19.3. The molecule has 0 unspecified atom stereocenters. The van der Waals surface area contributed by atoms with Crippen LogP contribution >= 0.6 is 0 Å². The molecule has 2 fully saturated rings. The Morgan fingerprint density at radius 3 is 2.03 bits per heavy atom. The Morgan fingerprint density at radius 1 is 0.855 bits per heavy atom. The summed E-state index contributed by atoms with van der Waals surface area (Å²) >= 11 is 0. The van der Waals surface area contributed by atoms with Gasteiger partial charge >= 0.3 is 18.2 Å². The van der Waals surface area contributed by atoms with Gasteiger partial charge in [-0.15, -0.1) is 10.2 Å². The molecule has 0 radical (unpaired) electrons. The third-order valence-electron chi connectivity index (χ3n) is 11.3. The van der Waals surface area contributed by atoms with Crippen LogP contribution in [0.5, 0.6) is 0 Å². The van der Waals surface area contributed by atoms with Crippen molar-refractivity contribution in [3.63, 3.8) is 0 Å². The van der Waals surface area contributed by atoms with E-state index in [1.54, 1.807) is 24.3 Å². The number of halogens is 3. The number of H-pyrrole nitrogens is 1. The van der Waals surface area contributed by atoms with E-state index in [4.69, 9.17) is 15.0 Å². The van der Waals surface area contributed by atoms with Gasteiger partial charge in [-0.05, 0) is 142 Å². The lowest BCUT2D eigenvalue weighted by molar-refractivity contribution is -0.192. The topological polar surface area (TPSA) is 232 Å². The first-order valence-corrected chi connectivity index (χ1v) is 20.4. The van der Waals surface area contributed by atoms with Crippen LogP contribution in [0.15, 0.2) is 66.7 Å². The number of aliphatic carboxylic acids is 1. The number of amides is 4. The van der Waals surface area contributed by atoms with Crippen LogP contribution in [0.3, 0.4) is 0 Å². The molecule has 7 N–H and O–H groups in total. The molecular weight excluding hydrogens is 812 g/mol. The molecule has 0 saturated heterocycles. The number of alkyl halides is 3. The van der Waals surface area contributed by atoms with E-state index in [2.05, 4.69) is 60.9 Å². The number of carbonyl (C=O) groups is 5. The lowest BCUT2D eigenvalue weighted by Crippen LogP contribution is -2.48. The SMILES string of the molecule is Cc1cc(C(=O)N[C@H]2CC[C@H](N(C)C)CC2)ccc1-c1ccc(C[C@H](NC(=O)C2CCC(CNC(=O)O)CC2)C(=O)Nc2ccc(-c3nn[nH]n3)cc2)cc1.O=C(O)C(F)(F)F. The maximum atomic E-state index is 13.8. The monoisotopic (exact) mass is 863 g/mol. The van der Waals surface area contributed by atoms with E-state index in [-0.39, 0.29) is 42.0 Å². The first-order valence-electron chi connectivity index (χ1n) is 20.4. The Morgan fingerprint density at radius 2 is 1.48 bits per heavy atom. The van der Waals surface area contributed by atoms with Crippen molar-refractivity contribution in [1.82, 2.24) is 41.5 Å². The molecule has 1 atom stereocenters. The highest BCUT2D eigenvalue weighted by Crippen LogP contribution is 2.30. The number of carboxylic acid groups (broad SMARTS) is 2. The van der Waals surface area contributed by atoms with Crippen molar-refractivity contribution in [3.05, 3.63) is 83.4 Å². The van der Waals surface area contributed by atoms with Gasteiger partial charge in [0.2, 0.25) is 17.6 Å². The Balaban J connectivity index is 0.000000955. The Kier molecular flexibility index (Phi) is 16.1. The molecule has 2 saturated carbocycles. The number of aromatic amines is 1. The maximum Gasteiger partial charge on any atom is 0.490 e. The van der Waals surface area contributed by atoms with Crippen LogP contribution in [0.2, 0.25) is 0 Å². The zero-order valence-corrected chi connectivity index (χ0v) is 34.7. The van der Waals surface area contributed by atoms with Gasteiger partial charge in [-0.1, -0.05) is 30.3 Å². The van der Waals surface area contributed by atoms with Crippen LogP contribution in [0.4, 0.5) is 23.7 Å². The molecule has 4 amide bonds. The predicted octanol–water partition coefficient (Wildman–Crippen LogP) is 5.82. The summed E-state index contributed by atoms with van der Waals surface area (Å²) in [5, 5.41) is 41.7. The number of carboxylic acids is 1. The highest BCUT2D eigenvalue weighted by molar-refractivity contribution is 5.98. The number of hydrogen-bond donors (Lipinski definition) is 7. The Bertz CT molecular complexity index is 2130. The first-order chi connectivity index (χ1) is 29.5. The van der Waals surface area contributed by atoms with Crippen molar-refractivity contribution < 1.29 is 47.4 Å². The molecule has 62 heavy (non-hydrogen) atoms. The van der Waals surface area contributed by atoms with Crippen molar-refractivity contribution in [2.45, 2.75) is 89.0 Å². The smallest absolute Gasteiger partial charge is 0.475 e. The molecule has 2 aliphatic carbocycles. The molecule has 0 aliphatic heterocycles. The standard InChI is InChI=1S/C41H51N9O5.C2HF3O2/c1-25-22-31(39(52)43-33-17-19-34(20-18-33)50(2)3)14-21-35(25)28-8-4-26(5-9-28)23-36(45-38(51)30-10-6-27(7-11-30)24-42-41(54)55)40(53)44-32-15-12-29(13-16-32)37-46-48-49-47-37;3-2(4,5)1(6)7/h4-5,8-9,12-16,21-22,27,30,33-34,36,42H,6-7,10-11,17-20,23-24H2,1-3H3,(H,43,52)(H,44,53)(H,45,51)(H,54,55)(H,46,47,48,49);(H,6,7)/t27?,30?,33-,34-,36-;/m0./s1. The quantitative estimate of drug-likeness (QED) is 0.0847. The van der Waals surface area contributed by atoms with E-state index >= 15 is 0 Å². The summed E-state index contributed by atoms with van der Waals surface area (Å²) in [6.45, 7) is 2.37. The molecule has 1 aromatic heterocycles. The summed E-state index contributed by atoms with van der Waals surface area (Å²) in [5.74, 6) is -2.98. The number of rotatable bonds is 13. The van der Waals surface area contributed by atoms with E-state index in [1.165, 1.54) is 0 Å². The molecule has 19 heteroatoms. The highest BCUT2D eigenvalue weighted by Gasteiger charge is 2.38. The van der Waals surface area contributed by atoms with Crippen LogP contribution in [-0.2, 0) is 20.8 Å². The van der Waals surface area contributed by atoms with Crippen LogP contribution in [0.25, 0.3) is 22.5 Å².